The highest BCUT2D eigenvalue weighted by Crippen LogP contribution is 2.53. The van der Waals surface area contributed by atoms with E-state index in [2.05, 4.69) is 9.97 Å². The SMILES string of the molecule is COC1CCC2(C1)C(=O)N(c1ccc(Oc3ccccc3)cc1Cl)c1cnc3[nH]ccc3c1N2CO. The van der Waals surface area contributed by atoms with Crippen LogP contribution in [0.5, 0.6) is 11.5 Å². The van der Waals surface area contributed by atoms with Gasteiger partial charge in [-0.05, 0) is 43.2 Å². The Bertz CT molecular complexity index is 1440. The van der Waals surface area contributed by atoms with Gasteiger partial charge in [-0.15, -0.1) is 0 Å². The van der Waals surface area contributed by atoms with E-state index in [1.807, 2.05) is 36.4 Å². The number of ether oxygens (including phenoxy) is 2. The number of pyridine rings is 1. The summed E-state index contributed by atoms with van der Waals surface area (Å²) in [6.45, 7) is -0.315. The van der Waals surface area contributed by atoms with Crippen molar-refractivity contribution in [3.8, 4) is 11.5 Å². The van der Waals surface area contributed by atoms with Crippen molar-refractivity contribution in [3.05, 3.63) is 72.0 Å². The van der Waals surface area contributed by atoms with Gasteiger partial charge >= 0.3 is 0 Å². The van der Waals surface area contributed by atoms with E-state index in [1.165, 1.54) is 0 Å². The second kappa shape index (κ2) is 8.81. The molecule has 2 N–H and O–H groups in total. The maximum Gasteiger partial charge on any atom is 0.257 e. The van der Waals surface area contributed by atoms with E-state index >= 15 is 0 Å². The van der Waals surface area contributed by atoms with Gasteiger partial charge in [-0.2, -0.15) is 0 Å². The fourth-order valence-corrected chi connectivity index (χ4v) is 5.76. The monoisotopic (exact) mass is 504 g/mol. The molecule has 9 heteroatoms. The number of carbonyl (C=O) groups is 1. The number of rotatable bonds is 5. The Hall–Kier alpha value is -3.59. The second-order valence-corrected chi connectivity index (χ2v) is 9.51. The molecule has 3 heterocycles. The third kappa shape index (κ3) is 3.44. The largest absolute Gasteiger partial charge is 0.457 e. The molecule has 1 aliphatic carbocycles. The molecule has 2 aromatic carbocycles. The van der Waals surface area contributed by atoms with E-state index in [0.29, 0.717) is 52.8 Å². The molecule has 184 valence electrons. The zero-order valence-corrected chi connectivity index (χ0v) is 20.4. The van der Waals surface area contributed by atoms with E-state index in [9.17, 15) is 9.90 Å². The van der Waals surface area contributed by atoms with Crippen molar-refractivity contribution < 1.29 is 19.4 Å². The van der Waals surface area contributed by atoms with Crippen LogP contribution in [0.15, 0.2) is 67.0 Å². The maximum absolute atomic E-state index is 14.3. The van der Waals surface area contributed by atoms with Crippen LogP contribution in [0.2, 0.25) is 5.02 Å². The number of anilines is 3. The van der Waals surface area contributed by atoms with Crippen LogP contribution >= 0.6 is 11.6 Å². The number of carbonyl (C=O) groups excluding carboxylic acids is 1. The number of nitrogens with zero attached hydrogens (tertiary/aromatic N) is 3. The second-order valence-electron chi connectivity index (χ2n) is 9.10. The topological polar surface area (TPSA) is 90.9 Å². The predicted molar refractivity (Wildman–Crippen MR) is 138 cm³/mol. The van der Waals surface area contributed by atoms with Crippen molar-refractivity contribution in [2.75, 3.05) is 23.6 Å². The molecule has 2 aliphatic rings. The van der Waals surface area contributed by atoms with E-state index in [1.54, 1.807) is 47.5 Å². The number of fused-ring (bicyclic) bond motifs is 3. The lowest BCUT2D eigenvalue weighted by Crippen LogP contribution is -2.62. The number of nitrogens with one attached hydrogen (secondary N) is 1. The van der Waals surface area contributed by atoms with Gasteiger partial charge in [-0.1, -0.05) is 29.8 Å². The fraction of sp³-hybridized carbons (Fsp3) is 0.259. The van der Waals surface area contributed by atoms with Crippen LogP contribution in [0.4, 0.5) is 17.1 Å². The third-order valence-electron chi connectivity index (χ3n) is 7.23. The Morgan fingerprint density at radius 1 is 1.17 bits per heavy atom. The number of hydrogen-bond acceptors (Lipinski definition) is 6. The standard InChI is InChI=1S/C27H25ClN4O4/c1-35-19-9-11-27(14-19)26(34)32(23-15-30-25-20(10-12-29-25)24(23)31(27)16-33)22-8-7-18(13-21(22)28)36-17-5-3-2-4-6-17/h2-8,10,12-13,15,19,33H,9,11,14,16H2,1H3,(H,29,30). The lowest BCUT2D eigenvalue weighted by atomic mass is 9.88. The molecular formula is C27H25ClN4O4. The van der Waals surface area contributed by atoms with Crippen LogP contribution in [-0.4, -0.2) is 46.5 Å². The van der Waals surface area contributed by atoms with Crippen LogP contribution in [0.25, 0.3) is 11.0 Å². The molecule has 1 fully saturated rings. The Labute approximate surface area is 213 Å². The van der Waals surface area contributed by atoms with Crippen molar-refractivity contribution in [1.82, 2.24) is 9.97 Å². The van der Waals surface area contributed by atoms with Crippen molar-refractivity contribution in [2.45, 2.75) is 30.9 Å². The van der Waals surface area contributed by atoms with Gasteiger partial charge in [0, 0.05) is 31.2 Å². The summed E-state index contributed by atoms with van der Waals surface area (Å²) in [6.07, 6.45) is 5.07. The van der Waals surface area contributed by atoms with Crippen molar-refractivity contribution in [1.29, 1.82) is 0 Å². The van der Waals surface area contributed by atoms with Gasteiger partial charge in [0.05, 0.1) is 34.4 Å². The fourth-order valence-electron chi connectivity index (χ4n) is 5.50. The highest BCUT2D eigenvalue weighted by molar-refractivity contribution is 6.35. The van der Waals surface area contributed by atoms with Gasteiger partial charge in [0.15, 0.2) is 0 Å². The van der Waals surface area contributed by atoms with Crippen LogP contribution in [0, 0.1) is 0 Å². The first kappa shape index (κ1) is 22.8. The van der Waals surface area contributed by atoms with Gasteiger partial charge in [0.1, 0.15) is 29.4 Å². The van der Waals surface area contributed by atoms with Crippen molar-refractivity contribution >= 4 is 45.6 Å². The molecule has 1 aliphatic heterocycles. The summed E-state index contributed by atoms with van der Waals surface area (Å²) in [5.41, 5.74) is 1.52. The molecule has 0 radical (unpaired) electrons. The Morgan fingerprint density at radius 2 is 2.00 bits per heavy atom. The number of aromatic nitrogens is 2. The number of aromatic amines is 1. The minimum Gasteiger partial charge on any atom is -0.457 e. The quantitative estimate of drug-likeness (QED) is 0.379. The smallest absolute Gasteiger partial charge is 0.257 e. The van der Waals surface area contributed by atoms with Crippen molar-refractivity contribution in [2.24, 2.45) is 0 Å². The maximum atomic E-state index is 14.3. The lowest BCUT2D eigenvalue weighted by Gasteiger charge is -2.49. The predicted octanol–water partition coefficient (Wildman–Crippen LogP) is 5.38. The van der Waals surface area contributed by atoms with Crippen LogP contribution in [0.1, 0.15) is 19.3 Å². The molecule has 1 amide bonds. The summed E-state index contributed by atoms with van der Waals surface area (Å²) in [5.74, 6) is 1.08. The lowest BCUT2D eigenvalue weighted by molar-refractivity contribution is -0.124. The molecule has 2 aromatic heterocycles. The van der Waals surface area contributed by atoms with E-state index in [4.69, 9.17) is 21.1 Å². The Kier molecular flexibility index (Phi) is 5.59. The minimum absolute atomic E-state index is 0.0907. The molecule has 6 rings (SSSR count). The first-order valence-electron chi connectivity index (χ1n) is 11.8. The molecule has 0 saturated heterocycles. The molecule has 2 atom stereocenters. The van der Waals surface area contributed by atoms with Gasteiger partial charge in [-0.25, -0.2) is 4.98 Å². The van der Waals surface area contributed by atoms with Gasteiger partial charge in [-0.3, -0.25) is 9.69 Å². The summed E-state index contributed by atoms with van der Waals surface area (Å²) in [6, 6.07) is 16.6. The van der Waals surface area contributed by atoms with Crippen molar-refractivity contribution in [3.63, 3.8) is 0 Å². The molecule has 1 spiro atoms. The zero-order chi connectivity index (χ0) is 24.9. The highest BCUT2D eigenvalue weighted by Gasteiger charge is 2.56. The number of H-pyrrole nitrogens is 1. The average Bonchev–Trinajstić information content (AvgIpc) is 3.55. The Morgan fingerprint density at radius 3 is 2.72 bits per heavy atom. The average molecular weight is 505 g/mol. The molecule has 4 aromatic rings. The van der Waals surface area contributed by atoms with Gasteiger partial charge in [0.2, 0.25) is 0 Å². The number of amides is 1. The summed E-state index contributed by atoms with van der Waals surface area (Å²) in [5, 5.41) is 11.8. The highest BCUT2D eigenvalue weighted by atomic mass is 35.5. The molecule has 36 heavy (non-hydrogen) atoms. The minimum atomic E-state index is -0.976. The number of halogens is 1. The number of hydrogen-bond donors (Lipinski definition) is 2. The zero-order valence-electron chi connectivity index (χ0n) is 19.6. The number of para-hydroxylation sites is 1. The van der Waals surface area contributed by atoms with Crippen LogP contribution < -0.4 is 14.5 Å². The normalized spacial score (nSPS) is 21.4. The summed E-state index contributed by atoms with van der Waals surface area (Å²) in [4.78, 5) is 25.4. The summed E-state index contributed by atoms with van der Waals surface area (Å²) in [7, 11) is 1.66. The van der Waals surface area contributed by atoms with E-state index in [-0.39, 0.29) is 18.7 Å². The van der Waals surface area contributed by atoms with Crippen LogP contribution in [0.3, 0.4) is 0 Å². The van der Waals surface area contributed by atoms with Crippen LogP contribution in [-0.2, 0) is 9.53 Å². The number of benzene rings is 2. The number of aliphatic hydroxyl groups is 1. The first-order valence-corrected chi connectivity index (χ1v) is 12.2. The molecular weight excluding hydrogens is 480 g/mol. The van der Waals surface area contributed by atoms with E-state index in [0.717, 1.165) is 11.1 Å². The third-order valence-corrected chi connectivity index (χ3v) is 7.53. The molecule has 8 nitrogen and oxygen atoms in total. The molecule has 1 saturated carbocycles. The molecule has 0 bridgehead atoms. The van der Waals surface area contributed by atoms with E-state index < -0.39 is 5.54 Å². The Balaban J connectivity index is 1.50. The summed E-state index contributed by atoms with van der Waals surface area (Å²) < 4.78 is 11.6. The van der Waals surface area contributed by atoms with Gasteiger partial charge < -0.3 is 24.5 Å². The number of aliphatic hydroxyl groups excluding tert-OH is 1. The molecule has 2 unspecified atom stereocenters. The number of methoxy groups -OCH3 is 1. The van der Waals surface area contributed by atoms with Gasteiger partial charge in [0.25, 0.3) is 5.91 Å². The summed E-state index contributed by atoms with van der Waals surface area (Å²) >= 11 is 6.79. The first-order chi connectivity index (χ1) is 17.6.